The zero-order valence-electron chi connectivity index (χ0n) is 17.0. The smallest absolute Gasteiger partial charge is 0.259 e. The molecule has 0 aliphatic carbocycles. The number of nitrogens with zero attached hydrogens (tertiary/aromatic N) is 2. The standard InChI is InChI=1S/C23H20N4O4/c1-3-30-18-10-6-7-14-11-19(31-20(14)18)13(2)25-23(29)16-12-24-27-17-9-5-4-8-15(17)22(28)26-21(16)27/h4-13H,3H2,1-2H3,(H,25,29)(H,26,28). The molecule has 3 aromatic heterocycles. The van der Waals surface area contributed by atoms with Gasteiger partial charge in [0.1, 0.15) is 17.0 Å². The summed E-state index contributed by atoms with van der Waals surface area (Å²) in [6.07, 6.45) is 1.45. The Morgan fingerprint density at radius 2 is 2.10 bits per heavy atom. The summed E-state index contributed by atoms with van der Waals surface area (Å²) in [5.74, 6) is 0.904. The van der Waals surface area contributed by atoms with Gasteiger partial charge in [-0.15, -0.1) is 0 Å². The number of ether oxygens (including phenoxy) is 1. The maximum atomic E-state index is 13.0. The number of aromatic nitrogens is 3. The van der Waals surface area contributed by atoms with Crippen molar-refractivity contribution in [3.8, 4) is 5.75 Å². The highest BCUT2D eigenvalue weighted by Gasteiger charge is 2.20. The summed E-state index contributed by atoms with van der Waals surface area (Å²) in [5, 5.41) is 8.63. The third kappa shape index (κ3) is 3.13. The number of H-pyrrole nitrogens is 1. The Labute approximate surface area is 176 Å². The van der Waals surface area contributed by atoms with Gasteiger partial charge in [0.25, 0.3) is 11.5 Å². The zero-order chi connectivity index (χ0) is 21.5. The first-order chi connectivity index (χ1) is 15.1. The van der Waals surface area contributed by atoms with Crippen molar-refractivity contribution in [1.82, 2.24) is 19.9 Å². The van der Waals surface area contributed by atoms with Gasteiger partial charge in [0.05, 0.1) is 29.7 Å². The predicted molar refractivity (Wildman–Crippen MR) is 117 cm³/mol. The van der Waals surface area contributed by atoms with Gasteiger partial charge < -0.3 is 19.5 Å². The van der Waals surface area contributed by atoms with E-state index in [2.05, 4.69) is 15.4 Å². The van der Waals surface area contributed by atoms with E-state index in [-0.39, 0.29) is 17.0 Å². The van der Waals surface area contributed by atoms with Crippen LogP contribution in [0.3, 0.4) is 0 Å². The van der Waals surface area contributed by atoms with E-state index < -0.39 is 6.04 Å². The molecule has 1 amide bonds. The van der Waals surface area contributed by atoms with Crippen LogP contribution in [0.2, 0.25) is 0 Å². The lowest BCUT2D eigenvalue weighted by atomic mass is 10.2. The second-order valence-electron chi connectivity index (χ2n) is 7.24. The number of hydrogen-bond donors (Lipinski definition) is 2. The number of aromatic amines is 1. The van der Waals surface area contributed by atoms with Gasteiger partial charge in [-0.25, -0.2) is 4.52 Å². The molecular weight excluding hydrogens is 396 g/mol. The van der Waals surface area contributed by atoms with Crippen LogP contribution in [-0.2, 0) is 0 Å². The minimum Gasteiger partial charge on any atom is -0.490 e. The van der Waals surface area contributed by atoms with E-state index in [9.17, 15) is 9.59 Å². The molecule has 5 aromatic rings. The van der Waals surface area contributed by atoms with Gasteiger partial charge in [-0.3, -0.25) is 9.59 Å². The van der Waals surface area contributed by atoms with Crippen LogP contribution in [-0.4, -0.2) is 27.1 Å². The summed E-state index contributed by atoms with van der Waals surface area (Å²) in [6.45, 7) is 4.28. The summed E-state index contributed by atoms with van der Waals surface area (Å²) in [7, 11) is 0. The Morgan fingerprint density at radius 1 is 1.26 bits per heavy atom. The molecule has 0 bridgehead atoms. The third-order valence-electron chi connectivity index (χ3n) is 5.22. The lowest BCUT2D eigenvalue weighted by molar-refractivity contribution is 0.0937. The Bertz CT molecular complexity index is 1490. The molecule has 0 fully saturated rings. The minimum atomic E-state index is -0.406. The van der Waals surface area contributed by atoms with Crippen molar-refractivity contribution in [2.45, 2.75) is 19.9 Å². The number of benzene rings is 2. The summed E-state index contributed by atoms with van der Waals surface area (Å²) in [6, 6.07) is 14.3. The number of furan rings is 1. The van der Waals surface area contributed by atoms with Gasteiger partial charge >= 0.3 is 0 Å². The molecule has 0 spiro atoms. The van der Waals surface area contributed by atoms with Gasteiger partial charge in [-0.05, 0) is 38.1 Å². The molecule has 0 saturated heterocycles. The molecule has 8 nitrogen and oxygen atoms in total. The monoisotopic (exact) mass is 416 g/mol. The predicted octanol–water partition coefficient (Wildman–Crippen LogP) is 3.81. The SMILES string of the molecule is CCOc1cccc2cc(C(C)NC(=O)c3cnn4c3[nH]c(=O)c3ccccc34)oc12. The molecule has 156 valence electrons. The van der Waals surface area contributed by atoms with Crippen molar-refractivity contribution in [2.75, 3.05) is 6.61 Å². The molecule has 0 radical (unpaired) electrons. The van der Waals surface area contributed by atoms with E-state index in [4.69, 9.17) is 9.15 Å². The fourth-order valence-corrected chi connectivity index (χ4v) is 3.73. The number of rotatable bonds is 5. The average Bonchev–Trinajstić information content (AvgIpc) is 3.39. The molecule has 0 aliphatic rings. The number of carbonyl (C=O) groups is 1. The fourth-order valence-electron chi connectivity index (χ4n) is 3.73. The van der Waals surface area contributed by atoms with Crippen LogP contribution in [0.4, 0.5) is 0 Å². The summed E-state index contributed by atoms with van der Waals surface area (Å²) in [5.41, 5.74) is 1.63. The summed E-state index contributed by atoms with van der Waals surface area (Å²) in [4.78, 5) is 28.2. The molecule has 0 aliphatic heterocycles. The van der Waals surface area contributed by atoms with E-state index in [1.165, 1.54) is 6.20 Å². The molecule has 1 unspecified atom stereocenters. The molecule has 3 heterocycles. The first kappa shape index (κ1) is 18.9. The molecule has 2 N–H and O–H groups in total. The van der Waals surface area contributed by atoms with Crippen LogP contribution >= 0.6 is 0 Å². The Kier molecular flexibility index (Phi) is 4.47. The third-order valence-corrected chi connectivity index (χ3v) is 5.22. The highest BCUT2D eigenvalue weighted by Crippen LogP contribution is 2.31. The van der Waals surface area contributed by atoms with E-state index in [1.807, 2.05) is 44.2 Å². The van der Waals surface area contributed by atoms with Gasteiger partial charge in [0.2, 0.25) is 0 Å². The van der Waals surface area contributed by atoms with Gasteiger partial charge in [0, 0.05) is 5.39 Å². The normalized spacial score (nSPS) is 12.5. The Balaban J connectivity index is 1.48. The van der Waals surface area contributed by atoms with Crippen LogP contribution in [0, 0.1) is 0 Å². The van der Waals surface area contributed by atoms with Crippen molar-refractivity contribution >= 4 is 33.4 Å². The molecule has 31 heavy (non-hydrogen) atoms. The van der Waals surface area contributed by atoms with E-state index in [1.54, 1.807) is 22.7 Å². The van der Waals surface area contributed by atoms with Gasteiger partial charge in [-0.2, -0.15) is 5.10 Å². The Hall–Kier alpha value is -4.07. The quantitative estimate of drug-likeness (QED) is 0.454. The van der Waals surface area contributed by atoms with Crippen LogP contribution < -0.4 is 15.6 Å². The second-order valence-corrected chi connectivity index (χ2v) is 7.24. The van der Waals surface area contributed by atoms with Crippen molar-refractivity contribution < 1.29 is 13.9 Å². The fraction of sp³-hybridized carbons (Fsp3) is 0.174. The van der Waals surface area contributed by atoms with Crippen molar-refractivity contribution in [3.05, 3.63) is 76.4 Å². The summed E-state index contributed by atoms with van der Waals surface area (Å²) >= 11 is 0. The van der Waals surface area contributed by atoms with Crippen LogP contribution in [0.5, 0.6) is 5.75 Å². The highest BCUT2D eigenvalue weighted by atomic mass is 16.5. The van der Waals surface area contributed by atoms with Crippen LogP contribution in [0.25, 0.3) is 27.5 Å². The largest absolute Gasteiger partial charge is 0.490 e. The topological polar surface area (TPSA) is 102 Å². The molecule has 0 saturated carbocycles. The van der Waals surface area contributed by atoms with E-state index in [0.29, 0.717) is 40.2 Å². The average molecular weight is 416 g/mol. The van der Waals surface area contributed by atoms with E-state index >= 15 is 0 Å². The number of nitrogens with one attached hydrogen (secondary N) is 2. The van der Waals surface area contributed by atoms with Gasteiger partial charge in [-0.1, -0.05) is 24.3 Å². The molecule has 5 rings (SSSR count). The van der Waals surface area contributed by atoms with Crippen LogP contribution in [0.1, 0.15) is 36.0 Å². The number of carbonyl (C=O) groups excluding carboxylic acids is 1. The number of para-hydroxylation sites is 2. The first-order valence-corrected chi connectivity index (χ1v) is 10.0. The van der Waals surface area contributed by atoms with Crippen molar-refractivity contribution in [3.63, 3.8) is 0 Å². The minimum absolute atomic E-state index is 0.272. The van der Waals surface area contributed by atoms with Crippen molar-refractivity contribution in [1.29, 1.82) is 0 Å². The molecule has 8 heteroatoms. The van der Waals surface area contributed by atoms with Crippen molar-refractivity contribution in [2.24, 2.45) is 0 Å². The molecular formula is C23H20N4O4. The maximum Gasteiger partial charge on any atom is 0.259 e. The number of fused-ring (bicyclic) bond motifs is 4. The molecule has 1 atom stereocenters. The maximum absolute atomic E-state index is 13.0. The molecule has 2 aromatic carbocycles. The zero-order valence-corrected chi connectivity index (χ0v) is 17.0. The number of amides is 1. The van der Waals surface area contributed by atoms with Crippen LogP contribution in [0.15, 0.2) is 63.9 Å². The number of hydrogen-bond acceptors (Lipinski definition) is 5. The second kappa shape index (κ2) is 7.32. The van der Waals surface area contributed by atoms with E-state index in [0.717, 1.165) is 5.39 Å². The first-order valence-electron chi connectivity index (χ1n) is 10.0. The Morgan fingerprint density at radius 3 is 2.94 bits per heavy atom. The highest BCUT2D eigenvalue weighted by molar-refractivity contribution is 6.00. The van der Waals surface area contributed by atoms with Gasteiger partial charge in [0.15, 0.2) is 11.3 Å². The lowest BCUT2D eigenvalue weighted by Gasteiger charge is -2.11. The summed E-state index contributed by atoms with van der Waals surface area (Å²) < 4.78 is 13.2. The lowest BCUT2D eigenvalue weighted by Crippen LogP contribution is -2.26.